The predicted octanol–water partition coefficient (Wildman–Crippen LogP) is 12.5. The second kappa shape index (κ2) is 10.9. The van der Waals surface area contributed by atoms with Crippen molar-refractivity contribution in [1.29, 1.82) is 0 Å². The van der Waals surface area contributed by atoms with Gasteiger partial charge in [-0.3, -0.25) is 0 Å². The Bertz CT molecular complexity index is 1740. The van der Waals surface area contributed by atoms with Gasteiger partial charge in [-0.25, -0.2) is 0 Å². The third-order valence-corrected chi connectivity index (χ3v) is 12.9. The highest BCUT2D eigenvalue weighted by Crippen LogP contribution is 2.42. The summed E-state index contributed by atoms with van der Waals surface area (Å²) in [6.07, 6.45) is -2.62. The molecule has 0 aliphatic carbocycles. The van der Waals surface area contributed by atoms with E-state index in [9.17, 15) is 13.2 Å². The highest BCUT2D eigenvalue weighted by atomic mass is 79.9. The van der Waals surface area contributed by atoms with Crippen LogP contribution in [-0.2, 0) is 19.0 Å². The van der Waals surface area contributed by atoms with E-state index in [2.05, 4.69) is 81.2 Å². The van der Waals surface area contributed by atoms with Crippen LogP contribution in [0.5, 0.6) is 0 Å². The second-order valence-corrected chi connectivity index (χ2v) is 15.5. The average Bonchev–Trinajstić information content (AvgIpc) is 3.64. The third kappa shape index (κ3) is 5.99. The molecule has 0 nitrogen and oxygen atoms in total. The summed E-state index contributed by atoms with van der Waals surface area (Å²) >= 11 is 14.6. The lowest BCUT2D eigenvalue weighted by molar-refractivity contribution is -0.137. The van der Waals surface area contributed by atoms with Crippen LogP contribution in [0, 0.1) is 6.92 Å². The molecule has 2 aromatic carbocycles. The molecule has 0 N–H and O–H groups in total. The number of benzene rings is 2. The summed E-state index contributed by atoms with van der Waals surface area (Å²) in [4.78, 5) is 7.36. The van der Waals surface area contributed by atoms with Crippen molar-refractivity contribution >= 4 is 86.6 Å². The first-order valence-electron chi connectivity index (χ1n) is 11.9. The van der Waals surface area contributed by atoms with Gasteiger partial charge in [0.05, 0.1) is 5.56 Å². The summed E-state index contributed by atoms with van der Waals surface area (Å²) in [5.41, 5.74) is 2.68. The maximum Gasteiger partial charge on any atom is 0.416 e. The van der Waals surface area contributed by atoms with Gasteiger partial charge in [-0.1, -0.05) is 42.0 Å². The Morgan fingerprint density at radius 3 is 1.49 bits per heavy atom. The molecule has 4 heterocycles. The molecule has 0 unspecified atom stereocenters. The second-order valence-electron chi connectivity index (χ2n) is 9.21. The Morgan fingerprint density at radius 1 is 0.615 bits per heavy atom. The minimum absolute atomic E-state index is 0.627. The fraction of sp³-hybridized carbons (Fsp3) is 0.133. The molecule has 0 fully saturated rings. The molecule has 39 heavy (non-hydrogen) atoms. The van der Waals surface area contributed by atoms with Gasteiger partial charge in [-0.15, -0.1) is 45.3 Å². The Morgan fingerprint density at radius 2 is 1.05 bits per heavy atom. The fourth-order valence-electron chi connectivity index (χ4n) is 4.31. The minimum atomic E-state index is -4.32. The van der Waals surface area contributed by atoms with Crippen LogP contribution < -0.4 is 0 Å². The van der Waals surface area contributed by atoms with Gasteiger partial charge in [-0.2, -0.15) is 13.2 Å². The molecule has 0 aliphatic rings. The molecule has 4 aromatic heterocycles. The van der Waals surface area contributed by atoms with Gasteiger partial charge in [0.2, 0.25) is 0 Å². The molecule has 0 saturated heterocycles. The highest BCUT2D eigenvalue weighted by molar-refractivity contribution is 9.11. The monoisotopic (exact) mass is 722 g/mol. The molecule has 0 spiro atoms. The number of hydrogen-bond acceptors (Lipinski definition) is 4. The zero-order valence-electron chi connectivity index (χ0n) is 20.4. The normalized spacial score (nSPS) is 12.1. The first-order valence-corrected chi connectivity index (χ1v) is 16.8. The molecule has 6 rings (SSSR count). The average molecular weight is 725 g/mol. The van der Waals surface area contributed by atoms with Crippen molar-refractivity contribution in [2.45, 2.75) is 25.9 Å². The van der Waals surface area contributed by atoms with Crippen molar-refractivity contribution in [3.05, 3.63) is 112 Å². The molecule has 6 aromatic rings. The topological polar surface area (TPSA) is 0 Å². The number of hydrogen-bond donors (Lipinski definition) is 0. The number of fused-ring (bicyclic) bond motifs is 1. The van der Waals surface area contributed by atoms with E-state index in [1.54, 1.807) is 23.5 Å². The number of thiophene rings is 4. The standard InChI is InChI=1S/C30H19Br2F3S4/c1-16-2-4-17(5-3-16)24-14-22(31)26(38-24)10-20-12-28-29(36-20)13-21(37-28)11-27-23(32)15-25(39-27)18-6-8-19(9-7-18)30(33,34)35/h2-9,12-15H,10-11H2,1H3. The van der Waals surface area contributed by atoms with Crippen LogP contribution in [0.1, 0.15) is 30.6 Å². The van der Waals surface area contributed by atoms with Gasteiger partial charge >= 0.3 is 6.18 Å². The summed E-state index contributed by atoms with van der Waals surface area (Å²) in [5.74, 6) is 0. The molecule has 0 aliphatic heterocycles. The Balaban J connectivity index is 1.17. The molecule has 198 valence electrons. The maximum absolute atomic E-state index is 12.9. The van der Waals surface area contributed by atoms with Gasteiger partial charge in [-0.05, 0) is 86.3 Å². The van der Waals surface area contributed by atoms with Gasteiger partial charge in [0.25, 0.3) is 0 Å². The molecule has 0 amide bonds. The first-order chi connectivity index (χ1) is 18.6. The SMILES string of the molecule is Cc1ccc(-c2cc(Br)c(Cc3cc4sc(Cc5sc(-c6ccc(C(F)(F)F)cc6)cc5Br)cc4s3)s2)cc1. The maximum atomic E-state index is 12.9. The van der Waals surface area contributed by atoms with Crippen LogP contribution >= 0.6 is 77.2 Å². The Labute approximate surface area is 257 Å². The van der Waals surface area contributed by atoms with E-state index < -0.39 is 11.7 Å². The van der Waals surface area contributed by atoms with Crippen molar-refractivity contribution in [3.8, 4) is 20.9 Å². The number of halogens is 5. The van der Waals surface area contributed by atoms with E-state index >= 15 is 0 Å². The molecule has 9 heteroatoms. The summed E-state index contributed by atoms with van der Waals surface area (Å²) in [5, 5.41) is 0. The Hall–Kier alpha value is -1.75. The van der Waals surface area contributed by atoms with Crippen molar-refractivity contribution < 1.29 is 13.2 Å². The van der Waals surface area contributed by atoms with Gasteiger partial charge in [0.1, 0.15) is 0 Å². The van der Waals surface area contributed by atoms with E-state index in [0.717, 1.165) is 44.4 Å². The van der Waals surface area contributed by atoms with Crippen LogP contribution in [-0.4, -0.2) is 0 Å². The highest BCUT2D eigenvalue weighted by Gasteiger charge is 2.30. The zero-order chi connectivity index (χ0) is 27.3. The van der Waals surface area contributed by atoms with Crippen LogP contribution in [0.4, 0.5) is 13.2 Å². The van der Waals surface area contributed by atoms with Crippen LogP contribution in [0.3, 0.4) is 0 Å². The fourth-order valence-corrected chi connectivity index (χ4v) is 10.6. The van der Waals surface area contributed by atoms with Crippen LogP contribution in [0.25, 0.3) is 30.3 Å². The summed E-state index contributed by atoms with van der Waals surface area (Å²) < 4.78 is 43.5. The van der Waals surface area contributed by atoms with E-state index in [-0.39, 0.29) is 0 Å². The van der Waals surface area contributed by atoms with Crippen LogP contribution in [0.2, 0.25) is 0 Å². The largest absolute Gasteiger partial charge is 0.416 e. The summed E-state index contributed by atoms with van der Waals surface area (Å²) in [6.45, 7) is 2.10. The van der Waals surface area contributed by atoms with Gasteiger partial charge in [0, 0.05) is 60.4 Å². The van der Waals surface area contributed by atoms with Crippen molar-refractivity contribution in [3.63, 3.8) is 0 Å². The zero-order valence-corrected chi connectivity index (χ0v) is 26.8. The number of rotatable bonds is 6. The lowest BCUT2D eigenvalue weighted by Gasteiger charge is -2.06. The van der Waals surface area contributed by atoms with E-state index in [4.69, 9.17) is 0 Å². The molecule has 0 bridgehead atoms. The van der Waals surface area contributed by atoms with E-state index in [1.165, 1.54) is 44.9 Å². The smallest absolute Gasteiger partial charge is 0.166 e. The van der Waals surface area contributed by atoms with Crippen molar-refractivity contribution in [2.75, 3.05) is 0 Å². The van der Waals surface area contributed by atoms with E-state index in [1.807, 2.05) is 40.1 Å². The molecule has 0 atom stereocenters. The van der Waals surface area contributed by atoms with Crippen LogP contribution in [0.15, 0.2) is 81.7 Å². The predicted molar refractivity (Wildman–Crippen MR) is 170 cm³/mol. The molecule has 0 radical (unpaired) electrons. The number of aryl methyl sites for hydroxylation is 1. The third-order valence-electron chi connectivity index (χ3n) is 6.33. The number of alkyl halides is 3. The van der Waals surface area contributed by atoms with Gasteiger partial charge < -0.3 is 0 Å². The lowest BCUT2D eigenvalue weighted by atomic mass is 10.1. The first kappa shape index (κ1) is 27.4. The lowest BCUT2D eigenvalue weighted by Crippen LogP contribution is -2.03. The quantitative estimate of drug-likeness (QED) is 0.160. The molecule has 0 saturated carbocycles. The molecular weight excluding hydrogens is 705 g/mol. The van der Waals surface area contributed by atoms with Crippen molar-refractivity contribution in [1.82, 2.24) is 0 Å². The Kier molecular flexibility index (Phi) is 7.67. The van der Waals surface area contributed by atoms with Crippen molar-refractivity contribution in [2.24, 2.45) is 0 Å². The summed E-state index contributed by atoms with van der Waals surface area (Å²) in [7, 11) is 0. The molecular formula is C30H19Br2F3S4. The summed E-state index contributed by atoms with van der Waals surface area (Å²) in [6, 6.07) is 22.8. The van der Waals surface area contributed by atoms with Gasteiger partial charge in [0.15, 0.2) is 0 Å². The minimum Gasteiger partial charge on any atom is -0.166 e. The van der Waals surface area contributed by atoms with E-state index in [0.29, 0.717) is 0 Å².